The standard InChI is InChI=1S/C47H31N3/c1-3-15-35(16-4-1)49(38-28-23-32-13-7-8-14-34(32)31-38)37-26-24-33(25-27-37)47-41-29-30-44-46(45(41)39-19-9-11-21-42(39)48-47)40-20-10-12-22-43(40)50(44)36-17-5-2-6-18-36/h1-31H. The highest BCUT2D eigenvalue weighted by Crippen LogP contribution is 2.43. The summed E-state index contributed by atoms with van der Waals surface area (Å²) >= 11 is 0. The van der Waals surface area contributed by atoms with Crippen molar-refractivity contribution in [2.24, 2.45) is 0 Å². The summed E-state index contributed by atoms with van der Waals surface area (Å²) in [6.45, 7) is 0. The average molecular weight is 638 g/mol. The molecule has 0 fully saturated rings. The molecule has 0 aliphatic carbocycles. The molecule has 0 unspecified atom stereocenters. The Labute approximate surface area is 289 Å². The zero-order chi connectivity index (χ0) is 33.0. The van der Waals surface area contributed by atoms with Crippen molar-refractivity contribution in [2.45, 2.75) is 0 Å². The minimum atomic E-state index is 0.987. The number of fused-ring (bicyclic) bond motifs is 8. The van der Waals surface area contributed by atoms with Gasteiger partial charge in [-0.05, 0) is 77.5 Å². The second kappa shape index (κ2) is 11.5. The van der Waals surface area contributed by atoms with Gasteiger partial charge in [0.05, 0.1) is 22.2 Å². The van der Waals surface area contributed by atoms with Crippen molar-refractivity contribution in [1.82, 2.24) is 9.55 Å². The molecular weight excluding hydrogens is 607 g/mol. The number of benzene rings is 8. The fraction of sp³-hybridized carbons (Fsp3) is 0. The molecule has 0 amide bonds. The van der Waals surface area contributed by atoms with Gasteiger partial charge < -0.3 is 9.47 Å². The molecule has 10 aromatic rings. The fourth-order valence-electron chi connectivity index (χ4n) is 7.68. The van der Waals surface area contributed by atoms with Crippen LogP contribution in [0.25, 0.3) is 71.2 Å². The van der Waals surface area contributed by atoms with Crippen LogP contribution >= 0.6 is 0 Å². The molecule has 2 heterocycles. The highest BCUT2D eigenvalue weighted by Gasteiger charge is 2.20. The molecule has 2 aromatic heterocycles. The molecule has 0 bridgehead atoms. The number of aromatic nitrogens is 2. The molecule has 0 saturated heterocycles. The van der Waals surface area contributed by atoms with Gasteiger partial charge in [0.25, 0.3) is 0 Å². The van der Waals surface area contributed by atoms with Gasteiger partial charge in [-0.15, -0.1) is 0 Å². The molecule has 0 spiro atoms. The van der Waals surface area contributed by atoms with Crippen LogP contribution in [0.2, 0.25) is 0 Å². The van der Waals surface area contributed by atoms with E-state index in [9.17, 15) is 0 Å². The van der Waals surface area contributed by atoms with Crippen LogP contribution in [0.4, 0.5) is 17.1 Å². The number of nitrogens with zero attached hydrogens (tertiary/aromatic N) is 3. The summed E-state index contributed by atoms with van der Waals surface area (Å²) in [5, 5.41) is 8.49. The van der Waals surface area contributed by atoms with Crippen LogP contribution < -0.4 is 4.90 Å². The molecule has 0 radical (unpaired) electrons. The van der Waals surface area contributed by atoms with Crippen LogP contribution in [0.5, 0.6) is 0 Å². The molecule has 10 rings (SSSR count). The average Bonchev–Trinajstić information content (AvgIpc) is 3.53. The van der Waals surface area contributed by atoms with Crippen LogP contribution in [0, 0.1) is 0 Å². The molecule has 0 aliphatic rings. The third-order valence-electron chi connectivity index (χ3n) is 9.92. The molecule has 0 atom stereocenters. The number of pyridine rings is 1. The van der Waals surface area contributed by atoms with Crippen molar-refractivity contribution in [3.05, 3.63) is 188 Å². The van der Waals surface area contributed by atoms with E-state index in [4.69, 9.17) is 4.98 Å². The van der Waals surface area contributed by atoms with Gasteiger partial charge in [-0.1, -0.05) is 121 Å². The summed E-state index contributed by atoms with van der Waals surface area (Å²) in [4.78, 5) is 7.65. The lowest BCUT2D eigenvalue weighted by atomic mass is 9.96. The summed E-state index contributed by atoms with van der Waals surface area (Å²) in [6, 6.07) is 67.2. The van der Waals surface area contributed by atoms with Crippen LogP contribution in [0.1, 0.15) is 0 Å². The molecule has 8 aromatic carbocycles. The highest BCUT2D eigenvalue weighted by molar-refractivity contribution is 6.29. The number of anilines is 3. The highest BCUT2D eigenvalue weighted by atomic mass is 15.1. The zero-order valence-corrected chi connectivity index (χ0v) is 27.2. The van der Waals surface area contributed by atoms with Crippen molar-refractivity contribution in [3.63, 3.8) is 0 Å². The monoisotopic (exact) mass is 637 g/mol. The van der Waals surface area contributed by atoms with Crippen molar-refractivity contribution < 1.29 is 0 Å². The normalized spacial score (nSPS) is 11.6. The summed E-state index contributed by atoms with van der Waals surface area (Å²) < 4.78 is 2.39. The topological polar surface area (TPSA) is 21.1 Å². The Morgan fingerprint density at radius 3 is 1.86 bits per heavy atom. The maximum absolute atomic E-state index is 5.33. The summed E-state index contributed by atoms with van der Waals surface area (Å²) in [7, 11) is 0. The Kier molecular flexibility index (Phi) is 6.49. The van der Waals surface area contributed by atoms with E-state index in [1.54, 1.807) is 0 Å². The van der Waals surface area contributed by atoms with Crippen LogP contribution in [-0.2, 0) is 0 Å². The van der Waals surface area contributed by atoms with Gasteiger partial charge in [0, 0.05) is 55.2 Å². The lowest BCUT2D eigenvalue weighted by Gasteiger charge is -2.26. The van der Waals surface area contributed by atoms with E-state index in [1.807, 2.05) is 0 Å². The lowest BCUT2D eigenvalue weighted by Crippen LogP contribution is -2.09. The summed E-state index contributed by atoms with van der Waals surface area (Å²) in [5.74, 6) is 0. The van der Waals surface area contributed by atoms with Crippen molar-refractivity contribution in [3.8, 4) is 16.9 Å². The first-order chi connectivity index (χ1) is 24.8. The minimum Gasteiger partial charge on any atom is -0.310 e. The zero-order valence-electron chi connectivity index (χ0n) is 27.2. The second-order valence-electron chi connectivity index (χ2n) is 12.8. The van der Waals surface area contributed by atoms with Gasteiger partial charge in [0.15, 0.2) is 0 Å². The van der Waals surface area contributed by atoms with Crippen molar-refractivity contribution in [1.29, 1.82) is 0 Å². The Balaban J connectivity index is 1.19. The molecular formula is C47H31N3. The maximum atomic E-state index is 5.33. The Bertz CT molecular complexity index is 2850. The summed E-state index contributed by atoms with van der Waals surface area (Å²) in [5.41, 5.74) is 9.93. The predicted molar refractivity (Wildman–Crippen MR) is 211 cm³/mol. The Morgan fingerprint density at radius 2 is 1.04 bits per heavy atom. The number of rotatable bonds is 5. The van der Waals surface area contributed by atoms with E-state index in [0.717, 1.165) is 50.3 Å². The first kappa shape index (κ1) is 28.3. The van der Waals surface area contributed by atoms with Gasteiger partial charge in [0.2, 0.25) is 0 Å². The van der Waals surface area contributed by atoms with Crippen LogP contribution in [0.3, 0.4) is 0 Å². The largest absolute Gasteiger partial charge is 0.310 e. The van der Waals surface area contributed by atoms with Gasteiger partial charge in [-0.3, -0.25) is 0 Å². The van der Waals surface area contributed by atoms with Crippen molar-refractivity contribution >= 4 is 71.3 Å². The Hall–Kier alpha value is -6.71. The van der Waals surface area contributed by atoms with E-state index in [-0.39, 0.29) is 0 Å². The SMILES string of the molecule is c1ccc(N(c2ccc(-c3nc4ccccc4c4c3ccc3c4c4ccccc4n3-c3ccccc3)cc2)c2ccc3ccccc3c2)cc1. The molecule has 50 heavy (non-hydrogen) atoms. The van der Waals surface area contributed by atoms with E-state index in [0.29, 0.717) is 0 Å². The van der Waals surface area contributed by atoms with Gasteiger partial charge in [-0.2, -0.15) is 0 Å². The third kappa shape index (κ3) is 4.48. The first-order valence-electron chi connectivity index (χ1n) is 17.1. The number of para-hydroxylation sites is 4. The fourth-order valence-corrected chi connectivity index (χ4v) is 7.68. The van der Waals surface area contributed by atoms with E-state index in [1.165, 1.54) is 38.0 Å². The summed E-state index contributed by atoms with van der Waals surface area (Å²) in [6.07, 6.45) is 0. The van der Waals surface area contributed by atoms with E-state index < -0.39 is 0 Å². The van der Waals surface area contributed by atoms with Crippen molar-refractivity contribution in [2.75, 3.05) is 4.90 Å². The van der Waals surface area contributed by atoms with E-state index >= 15 is 0 Å². The Morgan fingerprint density at radius 1 is 0.400 bits per heavy atom. The third-order valence-corrected chi connectivity index (χ3v) is 9.92. The quantitative estimate of drug-likeness (QED) is 0.175. The molecule has 0 N–H and O–H groups in total. The predicted octanol–water partition coefficient (Wildman–Crippen LogP) is 12.8. The van der Waals surface area contributed by atoms with Gasteiger partial charge in [-0.25, -0.2) is 4.98 Å². The maximum Gasteiger partial charge on any atom is 0.0788 e. The van der Waals surface area contributed by atoms with Crippen LogP contribution in [-0.4, -0.2) is 9.55 Å². The first-order valence-corrected chi connectivity index (χ1v) is 17.1. The molecule has 0 aliphatic heterocycles. The number of hydrogen-bond acceptors (Lipinski definition) is 2. The lowest BCUT2D eigenvalue weighted by molar-refractivity contribution is 1.18. The second-order valence-corrected chi connectivity index (χ2v) is 12.8. The minimum absolute atomic E-state index is 0.987. The molecule has 3 heteroatoms. The molecule has 3 nitrogen and oxygen atoms in total. The van der Waals surface area contributed by atoms with E-state index in [2.05, 4.69) is 198 Å². The van der Waals surface area contributed by atoms with Gasteiger partial charge >= 0.3 is 0 Å². The molecule has 234 valence electrons. The smallest absolute Gasteiger partial charge is 0.0788 e. The van der Waals surface area contributed by atoms with Crippen LogP contribution in [0.15, 0.2) is 188 Å². The molecule has 0 saturated carbocycles. The number of hydrogen-bond donors (Lipinski definition) is 0. The van der Waals surface area contributed by atoms with Gasteiger partial charge in [0.1, 0.15) is 0 Å².